The van der Waals surface area contributed by atoms with E-state index in [1.54, 1.807) is 109 Å². The minimum absolute atomic E-state index is 0.0638. The van der Waals surface area contributed by atoms with Crippen LogP contribution in [0.25, 0.3) is 11.4 Å². The van der Waals surface area contributed by atoms with E-state index in [9.17, 15) is 0 Å². The van der Waals surface area contributed by atoms with Crippen LogP contribution < -0.4 is 14.5 Å². The van der Waals surface area contributed by atoms with Crippen molar-refractivity contribution in [1.82, 2.24) is 0 Å². The largest absolute Gasteiger partial charge is 0.497 e. The lowest BCUT2D eigenvalue weighted by Crippen LogP contribution is -2.48. The standard InChI is InChI=1S/C49H30N2O6/c1-57-33-27-25-32(26-28-33)51-43(45(53)30-17-7-3-8-18-30)40(44(52)29-15-5-2-6-16-29)49(48(51)56)38-41(34-21-11-13-23-36(34)46(38)54)50(31-19-9-4-10-20-31)42-35-22-12-14-24-37(35)47(55)39(42)49/h2-28H,1H3. The molecule has 10 rings (SSSR count). The first-order valence-electron chi connectivity index (χ1n) is 18.4. The number of fused-ring (bicyclic) bond motifs is 6. The van der Waals surface area contributed by atoms with Gasteiger partial charge in [-0.1, -0.05) is 127 Å². The lowest BCUT2D eigenvalue weighted by Gasteiger charge is -2.42. The van der Waals surface area contributed by atoms with E-state index in [-0.39, 0.29) is 39.2 Å². The van der Waals surface area contributed by atoms with Crippen molar-refractivity contribution in [2.75, 3.05) is 16.9 Å². The summed E-state index contributed by atoms with van der Waals surface area (Å²) in [7, 11) is 1.52. The number of Topliss-reactive ketones (excluding diaryl/α,β-unsaturated/α-hetero) is 4. The number of methoxy groups -OCH3 is 1. The van der Waals surface area contributed by atoms with Crippen molar-refractivity contribution in [3.63, 3.8) is 0 Å². The molecule has 2 aliphatic carbocycles. The molecule has 1 amide bonds. The van der Waals surface area contributed by atoms with Gasteiger partial charge in [0.1, 0.15) is 16.9 Å². The molecule has 272 valence electrons. The number of hydrogen-bond acceptors (Lipinski definition) is 7. The summed E-state index contributed by atoms with van der Waals surface area (Å²) in [5.41, 5.74) is 0.650. The predicted molar refractivity (Wildman–Crippen MR) is 216 cm³/mol. The van der Waals surface area contributed by atoms with Crippen LogP contribution in [0.4, 0.5) is 11.4 Å². The van der Waals surface area contributed by atoms with Crippen LogP contribution in [-0.2, 0) is 4.79 Å². The summed E-state index contributed by atoms with van der Waals surface area (Å²) in [6.07, 6.45) is 0. The highest BCUT2D eigenvalue weighted by molar-refractivity contribution is 6.42. The molecule has 2 heterocycles. The highest BCUT2D eigenvalue weighted by Crippen LogP contribution is 2.65. The first-order chi connectivity index (χ1) is 27.9. The molecule has 0 aromatic heterocycles. The van der Waals surface area contributed by atoms with Gasteiger partial charge in [-0.05, 0) is 36.4 Å². The zero-order chi connectivity index (χ0) is 39.0. The highest BCUT2D eigenvalue weighted by Gasteiger charge is 2.69. The molecule has 0 radical (unpaired) electrons. The minimum atomic E-state index is -2.38. The maximum absolute atomic E-state index is 16.4. The molecule has 8 heteroatoms. The molecule has 1 spiro atoms. The second kappa shape index (κ2) is 12.7. The van der Waals surface area contributed by atoms with Crippen LogP contribution in [-0.4, -0.2) is 36.1 Å². The van der Waals surface area contributed by atoms with Crippen LogP contribution in [0.3, 0.4) is 0 Å². The van der Waals surface area contributed by atoms with E-state index in [4.69, 9.17) is 4.74 Å². The van der Waals surface area contributed by atoms with E-state index in [0.717, 1.165) is 0 Å². The first-order valence-corrected chi connectivity index (χ1v) is 18.4. The Hall–Kier alpha value is -7.71. The Morgan fingerprint density at radius 3 is 1.39 bits per heavy atom. The average Bonchev–Trinajstić information content (AvgIpc) is 3.84. The molecule has 6 aromatic carbocycles. The minimum Gasteiger partial charge on any atom is -0.497 e. The van der Waals surface area contributed by atoms with Crippen LogP contribution in [0.5, 0.6) is 5.75 Å². The van der Waals surface area contributed by atoms with Gasteiger partial charge in [-0.2, -0.15) is 0 Å². The van der Waals surface area contributed by atoms with E-state index < -0.39 is 34.5 Å². The zero-order valence-corrected chi connectivity index (χ0v) is 30.4. The fraction of sp³-hybridized carbons (Fsp3) is 0.0408. The van der Waals surface area contributed by atoms with Crippen molar-refractivity contribution >= 4 is 51.8 Å². The highest BCUT2D eigenvalue weighted by atomic mass is 16.5. The Labute approximate surface area is 327 Å². The second-order valence-electron chi connectivity index (χ2n) is 14.1. The third-order valence-electron chi connectivity index (χ3n) is 11.2. The summed E-state index contributed by atoms with van der Waals surface area (Å²) in [5, 5.41) is 0. The SMILES string of the molecule is COc1ccc(N2C(=O)C3(C(C(=O)c4ccccc4)=C2C(=O)c2ccccc2)C2=C(c4ccccc4C2=O)N(c2ccccc2)C2=C3C(=O)c3ccccc32)cc1. The Kier molecular flexibility index (Phi) is 7.52. The van der Waals surface area contributed by atoms with Gasteiger partial charge in [0.05, 0.1) is 24.1 Å². The molecule has 57 heavy (non-hydrogen) atoms. The molecular formula is C49H30N2O6. The van der Waals surface area contributed by atoms with Crippen molar-refractivity contribution < 1.29 is 28.7 Å². The molecule has 8 nitrogen and oxygen atoms in total. The molecule has 6 aromatic rings. The van der Waals surface area contributed by atoms with Gasteiger partial charge in [0.25, 0.3) is 5.91 Å². The number of ether oxygens (including phenoxy) is 1. The Morgan fingerprint density at radius 1 is 0.474 bits per heavy atom. The third-order valence-corrected chi connectivity index (χ3v) is 11.2. The maximum Gasteiger partial charge on any atom is 0.252 e. The van der Waals surface area contributed by atoms with Gasteiger partial charge in [0.2, 0.25) is 5.78 Å². The fourth-order valence-electron chi connectivity index (χ4n) is 8.82. The molecule has 0 fully saturated rings. The van der Waals surface area contributed by atoms with E-state index in [1.807, 2.05) is 59.5 Å². The van der Waals surface area contributed by atoms with Gasteiger partial charge in [0.15, 0.2) is 17.3 Å². The van der Waals surface area contributed by atoms with Gasteiger partial charge < -0.3 is 9.64 Å². The van der Waals surface area contributed by atoms with Crippen molar-refractivity contribution in [2.24, 2.45) is 5.41 Å². The number of hydrogen-bond donors (Lipinski definition) is 0. The number of para-hydroxylation sites is 1. The van der Waals surface area contributed by atoms with Gasteiger partial charge in [0, 0.05) is 55.9 Å². The summed E-state index contributed by atoms with van der Waals surface area (Å²) in [5.74, 6) is -2.63. The number of benzene rings is 6. The van der Waals surface area contributed by atoms with Crippen LogP contribution in [0.15, 0.2) is 186 Å². The zero-order valence-electron chi connectivity index (χ0n) is 30.4. The molecule has 2 aliphatic heterocycles. The van der Waals surface area contributed by atoms with Crippen molar-refractivity contribution in [2.45, 2.75) is 0 Å². The van der Waals surface area contributed by atoms with Gasteiger partial charge >= 0.3 is 0 Å². The van der Waals surface area contributed by atoms with Crippen LogP contribution in [0.1, 0.15) is 52.6 Å². The van der Waals surface area contributed by atoms with E-state index in [1.165, 1.54) is 12.0 Å². The van der Waals surface area contributed by atoms with Crippen LogP contribution in [0, 0.1) is 5.41 Å². The normalized spacial score (nSPS) is 16.3. The molecule has 0 N–H and O–H groups in total. The summed E-state index contributed by atoms with van der Waals surface area (Å²) < 4.78 is 5.45. The van der Waals surface area contributed by atoms with Crippen molar-refractivity contribution in [3.05, 3.63) is 220 Å². The number of amides is 1. The van der Waals surface area contributed by atoms with E-state index in [2.05, 4.69) is 0 Å². The molecule has 0 saturated carbocycles. The summed E-state index contributed by atoms with van der Waals surface area (Å²) in [4.78, 5) is 81.4. The number of allylic oxidation sites excluding steroid dienone is 1. The van der Waals surface area contributed by atoms with Gasteiger partial charge in [-0.15, -0.1) is 0 Å². The predicted octanol–water partition coefficient (Wildman–Crippen LogP) is 8.78. The van der Waals surface area contributed by atoms with E-state index in [0.29, 0.717) is 45.1 Å². The monoisotopic (exact) mass is 742 g/mol. The topological polar surface area (TPSA) is 101 Å². The lowest BCUT2D eigenvalue weighted by atomic mass is 9.62. The average molecular weight is 743 g/mol. The van der Waals surface area contributed by atoms with Crippen LogP contribution >= 0.6 is 0 Å². The summed E-state index contributed by atoms with van der Waals surface area (Å²) >= 11 is 0. The molecule has 0 unspecified atom stereocenters. The lowest BCUT2D eigenvalue weighted by molar-refractivity contribution is -0.121. The molecule has 0 atom stereocenters. The molecule has 4 aliphatic rings. The van der Waals surface area contributed by atoms with E-state index >= 15 is 24.0 Å². The molecule has 0 saturated heterocycles. The van der Waals surface area contributed by atoms with Crippen LogP contribution in [0.2, 0.25) is 0 Å². The van der Waals surface area contributed by atoms with Crippen molar-refractivity contribution in [3.8, 4) is 5.75 Å². The number of rotatable bonds is 7. The number of anilines is 2. The number of carbonyl (C=O) groups is 5. The molecule has 0 bridgehead atoms. The third kappa shape index (κ3) is 4.58. The Balaban J connectivity index is 1.42. The number of nitrogens with zero attached hydrogens (tertiary/aromatic N) is 2. The van der Waals surface area contributed by atoms with Gasteiger partial charge in [-0.25, -0.2) is 0 Å². The fourth-order valence-corrected chi connectivity index (χ4v) is 8.82. The Morgan fingerprint density at radius 2 is 0.895 bits per heavy atom. The Bertz CT molecular complexity index is 2770. The first kappa shape index (κ1) is 33.8. The van der Waals surface area contributed by atoms with Crippen molar-refractivity contribution in [1.29, 1.82) is 0 Å². The smallest absolute Gasteiger partial charge is 0.252 e. The number of carbonyl (C=O) groups excluding carboxylic acids is 5. The maximum atomic E-state index is 16.4. The summed E-state index contributed by atoms with van der Waals surface area (Å²) in [6, 6.07) is 46.7. The van der Waals surface area contributed by atoms with Gasteiger partial charge in [-0.3, -0.25) is 28.9 Å². The quantitative estimate of drug-likeness (QED) is 0.151. The number of ketones is 4. The molecular weight excluding hydrogens is 713 g/mol. The summed E-state index contributed by atoms with van der Waals surface area (Å²) in [6.45, 7) is 0. The second-order valence-corrected chi connectivity index (χ2v) is 14.1.